The lowest BCUT2D eigenvalue weighted by molar-refractivity contribution is 0.0867. The molecule has 3 nitrogen and oxygen atoms in total. The van der Waals surface area contributed by atoms with Gasteiger partial charge in [0.15, 0.2) is 0 Å². The first-order valence-electron chi connectivity index (χ1n) is 7.28. The Kier molecular flexibility index (Phi) is 4.56. The maximum Gasteiger partial charge on any atom is 0.253 e. The van der Waals surface area contributed by atoms with Crippen molar-refractivity contribution in [3.8, 4) is 0 Å². The number of rotatable bonds is 3. The molecule has 3 unspecified atom stereocenters. The lowest BCUT2D eigenvalue weighted by atomic mass is 9.74. The molecule has 1 N–H and O–H groups in total. The third kappa shape index (κ3) is 3.55. The molecule has 3 heteroatoms. The van der Waals surface area contributed by atoms with E-state index in [-0.39, 0.29) is 5.91 Å². The van der Waals surface area contributed by atoms with Gasteiger partial charge >= 0.3 is 0 Å². The van der Waals surface area contributed by atoms with E-state index < -0.39 is 0 Å². The van der Waals surface area contributed by atoms with Crippen LogP contribution in [0.2, 0.25) is 0 Å². The Morgan fingerprint density at radius 1 is 1.42 bits per heavy atom. The summed E-state index contributed by atoms with van der Waals surface area (Å²) in [5.41, 5.74) is 0.656. The molecule has 1 aliphatic carbocycles. The molecule has 0 aliphatic heterocycles. The number of carbonyl (C=O) groups is 1. The molecular formula is C16H24N2O. The number of hydrogen-bond donors (Lipinski definition) is 1. The van der Waals surface area contributed by atoms with Gasteiger partial charge in [0.05, 0.1) is 5.56 Å². The van der Waals surface area contributed by atoms with Crippen LogP contribution in [0.25, 0.3) is 0 Å². The zero-order chi connectivity index (χ0) is 13.8. The second-order valence-corrected chi connectivity index (χ2v) is 6.15. The summed E-state index contributed by atoms with van der Waals surface area (Å²) >= 11 is 0. The molecule has 3 atom stereocenters. The highest BCUT2D eigenvalue weighted by atomic mass is 16.1. The Bertz CT molecular complexity index is 416. The Labute approximate surface area is 115 Å². The van der Waals surface area contributed by atoms with Crippen LogP contribution in [0.15, 0.2) is 24.5 Å². The van der Waals surface area contributed by atoms with Gasteiger partial charge in [0.2, 0.25) is 0 Å². The molecule has 104 valence electrons. The normalized spacial score (nSPS) is 27.3. The summed E-state index contributed by atoms with van der Waals surface area (Å²) < 4.78 is 0. The molecule has 1 aromatic heterocycles. The molecule has 0 saturated heterocycles. The van der Waals surface area contributed by atoms with Crippen LogP contribution >= 0.6 is 0 Å². The summed E-state index contributed by atoms with van der Waals surface area (Å²) in [6.45, 7) is 6.79. The van der Waals surface area contributed by atoms with Crippen molar-refractivity contribution >= 4 is 5.91 Å². The molecule has 2 rings (SSSR count). The van der Waals surface area contributed by atoms with Crippen molar-refractivity contribution in [1.29, 1.82) is 0 Å². The monoisotopic (exact) mass is 260 g/mol. The molecule has 0 bridgehead atoms. The van der Waals surface area contributed by atoms with Crippen molar-refractivity contribution in [3.63, 3.8) is 0 Å². The molecule has 1 aromatic rings. The van der Waals surface area contributed by atoms with Crippen LogP contribution in [-0.2, 0) is 0 Å². The maximum atomic E-state index is 12.2. The van der Waals surface area contributed by atoms with Crippen LogP contribution in [-0.4, -0.2) is 16.9 Å². The zero-order valence-electron chi connectivity index (χ0n) is 12.1. The van der Waals surface area contributed by atoms with Crippen LogP contribution in [0.5, 0.6) is 0 Å². The Balaban J connectivity index is 2.04. The van der Waals surface area contributed by atoms with Crippen molar-refractivity contribution < 1.29 is 4.79 Å². The lowest BCUT2D eigenvalue weighted by Gasteiger charge is -2.37. The second-order valence-electron chi connectivity index (χ2n) is 6.15. The van der Waals surface area contributed by atoms with Crippen LogP contribution in [0.1, 0.15) is 50.4 Å². The van der Waals surface area contributed by atoms with Crippen LogP contribution in [0.3, 0.4) is 0 Å². The third-order valence-electron chi connectivity index (χ3n) is 4.26. The Hall–Kier alpha value is -1.38. The second kappa shape index (κ2) is 6.18. The van der Waals surface area contributed by atoms with Crippen LogP contribution in [0, 0.1) is 17.8 Å². The fourth-order valence-electron chi connectivity index (χ4n) is 3.12. The van der Waals surface area contributed by atoms with Gasteiger partial charge in [0, 0.05) is 18.4 Å². The summed E-state index contributed by atoms with van der Waals surface area (Å²) in [6, 6.07) is 3.92. The van der Waals surface area contributed by atoms with E-state index >= 15 is 0 Å². The maximum absolute atomic E-state index is 12.2. The van der Waals surface area contributed by atoms with Crippen molar-refractivity contribution in [2.24, 2.45) is 17.8 Å². The predicted molar refractivity (Wildman–Crippen MR) is 76.8 cm³/mol. The molecule has 19 heavy (non-hydrogen) atoms. The van der Waals surface area contributed by atoms with Gasteiger partial charge < -0.3 is 5.32 Å². The minimum absolute atomic E-state index is 0.0119. The third-order valence-corrected chi connectivity index (χ3v) is 4.26. The molecule has 1 fully saturated rings. The first-order chi connectivity index (χ1) is 9.08. The van der Waals surface area contributed by atoms with Gasteiger partial charge in [-0.05, 0) is 42.7 Å². The van der Waals surface area contributed by atoms with Crippen molar-refractivity contribution in [2.75, 3.05) is 0 Å². The quantitative estimate of drug-likeness (QED) is 0.906. The SMILES string of the molecule is CC1CCC(C(C)C)C(NC(=O)c2cccnc2)C1. The number of nitrogens with zero attached hydrogens (tertiary/aromatic N) is 1. The van der Waals surface area contributed by atoms with E-state index in [0.29, 0.717) is 29.4 Å². The molecular weight excluding hydrogens is 236 g/mol. The average molecular weight is 260 g/mol. The highest BCUT2D eigenvalue weighted by molar-refractivity contribution is 5.94. The van der Waals surface area contributed by atoms with E-state index in [1.807, 2.05) is 6.07 Å². The zero-order valence-corrected chi connectivity index (χ0v) is 12.1. The summed E-state index contributed by atoms with van der Waals surface area (Å²) in [4.78, 5) is 16.2. The van der Waals surface area contributed by atoms with Gasteiger partial charge in [-0.25, -0.2) is 0 Å². The molecule has 0 spiro atoms. The highest BCUT2D eigenvalue weighted by Crippen LogP contribution is 2.33. The van der Waals surface area contributed by atoms with Gasteiger partial charge in [0.25, 0.3) is 5.91 Å². The van der Waals surface area contributed by atoms with Gasteiger partial charge in [0.1, 0.15) is 0 Å². The molecule has 0 aromatic carbocycles. The number of nitrogens with one attached hydrogen (secondary N) is 1. The number of aromatic nitrogens is 1. The van der Waals surface area contributed by atoms with E-state index in [4.69, 9.17) is 0 Å². The van der Waals surface area contributed by atoms with Crippen molar-refractivity contribution in [2.45, 2.75) is 46.1 Å². The predicted octanol–water partition coefficient (Wildman–Crippen LogP) is 3.27. The Morgan fingerprint density at radius 3 is 2.84 bits per heavy atom. The number of hydrogen-bond acceptors (Lipinski definition) is 2. The number of carbonyl (C=O) groups excluding carboxylic acids is 1. The van der Waals surface area contributed by atoms with Gasteiger partial charge in [-0.1, -0.05) is 27.2 Å². The van der Waals surface area contributed by atoms with Gasteiger partial charge in [-0.3, -0.25) is 9.78 Å². The first kappa shape index (κ1) is 14.0. The molecule has 1 aliphatic rings. The van der Waals surface area contributed by atoms with E-state index in [0.717, 1.165) is 6.42 Å². The highest BCUT2D eigenvalue weighted by Gasteiger charge is 2.31. The molecule has 1 saturated carbocycles. The van der Waals surface area contributed by atoms with Gasteiger partial charge in [-0.2, -0.15) is 0 Å². The molecule has 0 radical (unpaired) electrons. The molecule has 1 heterocycles. The lowest BCUT2D eigenvalue weighted by Crippen LogP contribution is -2.45. The van der Waals surface area contributed by atoms with E-state index in [9.17, 15) is 4.79 Å². The smallest absolute Gasteiger partial charge is 0.253 e. The van der Waals surface area contributed by atoms with E-state index in [1.54, 1.807) is 18.5 Å². The summed E-state index contributed by atoms with van der Waals surface area (Å²) in [6.07, 6.45) is 6.91. The van der Waals surface area contributed by atoms with Gasteiger partial charge in [-0.15, -0.1) is 0 Å². The minimum Gasteiger partial charge on any atom is -0.349 e. The van der Waals surface area contributed by atoms with E-state index in [2.05, 4.69) is 31.1 Å². The van der Waals surface area contributed by atoms with E-state index in [1.165, 1.54) is 12.8 Å². The Morgan fingerprint density at radius 2 is 2.21 bits per heavy atom. The largest absolute Gasteiger partial charge is 0.349 e. The molecule has 1 amide bonds. The summed E-state index contributed by atoms with van der Waals surface area (Å²) in [5.74, 6) is 1.93. The average Bonchev–Trinajstić information content (AvgIpc) is 2.39. The summed E-state index contributed by atoms with van der Waals surface area (Å²) in [7, 11) is 0. The van der Waals surface area contributed by atoms with Crippen LogP contribution in [0.4, 0.5) is 0 Å². The van der Waals surface area contributed by atoms with Crippen molar-refractivity contribution in [3.05, 3.63) is 30.1 Å². The summed E-state index contributed by atoms with van der Waals surface area (Å²) in [5, 5.41) is 3.22. The topological polar surface area (TPSA) is 42.0 Å². The van der Waals surface area contributed by atoms with Crippen molar-refractivity contribution in [1.82, 2.24) is 10.3 Å². The fourth-order valence-corrected chi connectivity index (χ4v) is 3.12. The standard InChI is InChI=1S/C16H24N2O/c1-11(2)14-7-6-12(3)9-15(14)18-16(19)13-5-4-8-17-10-13/h4-5,8,10-12,14-15H,6-7,9H2,1-3H3,(H,18,19). The number of amides is 1. The number of pyridine rings is 1. The minimum atomic E-state index is 0.0119. The first-order valence-corrected chi connectivity index (χ1v) is 7.28. The van der Waals surface area contributed by atoms with Crippen LogP contribution < -0.4 is 5.32 Å². The fraction of sp³-hybridized carbons (Fsp3) is 0.625.